The Morgan fingerprint density at radius 1 is 1.28 bits per heavy atom. The Labute approximate surface area is 144 Å². The van der Waals surface area contributed by atoms with E-state index in [9.17, 15) is 14.0 Å². The predicted octanol–water partition coefficient (Wildman–Crippen LogP) is 0.625. The van der Waals surface area contributed by atoms with Gasteiger partial charge in [-0.25, -0.2) is 4.39 Å². The topological polar surface area (TPSA) is 93.2 Å². The summed E-state index contributed by atoms with van der Waals surface area (Å²) < 4.78 is 14.6. The van der Waals surface area contributed by atoms with Gasteiger partial charge in [0.25, 0.3) is 11.8 Å². The first kappa shape index (κ1) is 17.1. The molecule has 0 spiro atoms. The number of nitrogens with two attached hydrogens (primary N) is 1. The standard InChI is InChI=1S/C17H20FN5O2/c18-14-3-1-12(2-4-14)17(25)22-7-5-15(11-22)21-16(24)13-9-20-23(10-13)8-6-19/h1-4,9-10,15H,5-8,11,19H2,(H,21,24)/t15-/m1/s1. The van der Waals surface area contributed by atoms with Crippen LogP contribution in [0.3, 0.4) is 0 Å². The number of carbonyl (C=O) groups excluding carboxylic acids is 2. The fourth-order valence-electron chi connectivity index (χ4n) is 2.84. The first-order valence-electron chi connectivity index (χ1n) is 8.15. The molecular weight excluding hydrogens is 325 g/mol. The van der Waals surface area contributed by atoms with Crippen molar-refractivity contribution in [2.75, 3.05) is 19.6 Å². The predicted molar refractivity (Wildman–Crippen MR) is 89.5 cm³/mol. The van der Waals surface area contributed by atoms with Gasteiger partial charge < -0.3 is 16.0 Å². The molecule has 132 valence electrons. The Morgan fingerprint density at radius 3 is 2.76 bits per heavy atom. The van der Waals surface area contributed by atoms with Gasteiger partial charge in [-0.15, -0.1) is 0 Å². The van der Waals surface area contributed by atoms with Gasteiger partial charge in [-0.2, -0.15) is 5.10 Å². The molecular formula is C17H20FN5O2. The highest BCUT2D eigenvalue weighted by molar-refractivity contribution is 5.95. The van der Waals surface area contributed by atoms with Crippen LogP contribution >= 0.6 is 0 Å². The van der Waals surface area contributed by atoms with E-state index in [2.05, 4.69) is 10.4 Å². The number of hydrogen-bond donors (Lipinski definition) is 2. The van der Waals surface area contributed by atoms with Gasteiger partial charge in [-0.05, 0) is 30.7 Å². The van der Waals surface area contributed by atoms with E-state index in [-0.39, 0.29) is 23.7 Å². The molecule has 0 unspecified atom stereocenters. The lowest BCUT2D eigenvalue weighted by molar-refractivity contribution is 0.0783. The molecule has 0 bridgehead atoms. The number of rotatable bonds is 5. The maximum Gasteiger partial charge on any atom is 0.254 e. The van der Waals surface area contributed by atoms with Crippen LogP contribution in [0, 0.1) is 5.82 Å². The van der Waals surface area contributed by atoms with Crippen molar-refractivity contribution in [2.45, 2.75) is 19.0 Å². The van der Waals surface area contributed by atoms with Gasteiger partial charge in [0.1, 0.15) is 5.82 Å². The van der Waals surface area contributed by atoms with Crippen molar-refractivity contribution in [1.82, 2.24) is 20.0 Å². The minimum absolute atomic E-state index is 0.116. The number of carbonyl (C=O) groups is 2. The number of nitrogens with zero attached hydrogens (tertiary/aromatic N) is 3. The van der Waals surface area contributed by atoms with Crippen LogP contribution in [0.2, 0.25) is 0 Å². The molecule has 1 aliphatic heterocycles. The van der Waals surface area contributed by atoms with Crippen molar-refractivity contribution in [2.24, 2.45) is 5.73 Å². The van der Waals surface area contributed by atoms with E-state index in [1.54, 1.807) is 15.8 Å². The number of halogens is 1. The zero-order valence-electron chi connectivity index (χ0n) is 13.7. The molecule has 7 nitrogen and oxygen atoms in total. The van der Waals surface area contributed by atoms with Crippen molar-refractivity contribution >= 4 is 11.8 Å². The molecule has 0 saturated carbocycles. The monoisotopic (exact) mass is 345 g/mol. The van der Waals surface area contributed by atoms with Crippen LogP contribution in [0.5, 0.6) is 0 Å². The van der Waals surface area contributed by atoms with Gasteiger partial charge in [0.15, 0.2) is 0 Å². The molecule has 2 heterocycles. The summed E-state index contributed by atoms with van der Waals surface area (Å²) in [5, 5.41) is 6.99. The van der Waals surface area contributed by atoms with Gasteiger partial charge in [0.05, 0.1) is 18.3 Å². The van der Waals surface area contributed by atoms with Crippen LogP contribution < -0.4 is 11.1 Å². The zero-order valence-corrected chi connectivity index (χ0v) is 13.7. The third kappa shape index (κ3) is 4.03. The van der Waals surface area contributed by atoms with Gasteiger partial charge >= 0.3 is 0 Å². The lowest BCUT2D eigenvalue weighted by Gasteiger charge is -2.17. The first-order chi connectivity index (χ1) is 12.1. The quantitative estimate of drug-likeness (QED) is 0.831. The van der Waals surface area contributed by atoms with Crippen molar-refractivity contribution in [1.29, 1.82) is 0 Å². The highest BCUT2D eigenvalue weighted by atomic mass is 19.1. The maximum atomic E-state index is 13.0. The van der Waals surface area contributed by atoms with E-state index in [0.717, 1.165) is 0 Å². The molecule has 25 heavy (non-hydrogen) atoms. The number of nitrogens with one attached hydrogen (secondary N) is 1. The van der Waals surface area contributed by atoms with Gasteiger partial charge in [-0.1, -0.05) is 0 Å². The normalized spacial score (nSPS) is 16.9. The molecule has 2 aromatic rings. The minimum Gasteiger partial charge on any atom is -0.347 e. The van der Waals surface area contributed by atoms with E-state index in [1.165, 1.54) is 30.5 Å². The van der Waals surface area contributed by atoms with Crippen molar-refractivity contribution in [3.05, 3.63) is 53.6 Å². The third-order valence-electron chi connectivity index (χ3n) is 4.16. The van der Waals surface area contributed by atoms with Crippen LogP contribution in [0.4, 0.5) is 4.39 Å². The molecule has 3 N–H and O–H groups in total. The summed E-state index contributed by atoms with van der Waals surface area (Å²) in [4.78, 5) is 26.3. The lowest BCUT2D eigenvalue weighted by atomic mass is 10.2. The van der Waals surface area contributed by atoms with Crippen molar-refractivity contribution in [3.8, 4) is 0 Å². The Hall–Kier alpha value is -2.74. The van der Waals surface area contributed by atoms with Crippen LogP contribution in [-0.4, -0.2) is 52.2 Å². The largest absolute Gasteiger partial charge is 0.347 e. The van der Waals surface area contributed by atoms with Crippen LogP contribution in [0.25, 0.3) is 0 Å². The average Bonchev–Trinajstić information content (AvgIpc) is 3.25. The Morgan fingerprint density at radius 2 is 2.04 bits per heavy atom. The summed E-state index contributed by atoms with van der Waals surface area (Å²) in [5.41, 5.74) is 6.37. The molecule has 1 saturated heterocycles. The molecule has 1 aliphatic rings. The maximum absolute atomic E-state index is 13.0. The second-order valence-electron chi connectivity index (χ2n) is 6.00. The van der Waals surface area contributed by atoms with E-state index in [0.29, 0.717) is 43.7 Å². The summed E-state index contributed by atoms with van der Waals surface area (Å²) in [6, 6.07) is 5.35. The van der Waals surface area contributed by atoms with Gasteiger partial charge in [0.2, 0.25) is 0 Å². The molecule has 8 heteroatoms. The Balaban J connectivity index is 1.56. The second-order valence-corrected chi connectivity index (χ2v) is 6.00. The van der Waals surface area contributed by atoms with Gasteiger partial charge in [0, 0.05) is 37.4 Å². The molecule has 1 aromatic carbocycles. The van der Waals surface area contributed by atoms with E-state index >= 15 is 0 Å². The number of hydrogen-bond acceptors (Lipinski definition) is 4. The Bertz CT molecular complexity index is 759. The SMILES string of the molecule is NCCn1cc(C(=O)N[C@@H]2CCN(C(=O)c3ccc(F)cc3)C2)cn1. The summed E-state index contributed by atoms with van der Waals surface area (Å²) >= 11 is 0. The van der Waals surface area contributed by atoms with Crippen LogP contribution in [0.15, 0.2) is 36.7 Å². The fraction of sp³-hybridized carbons (Fsp3) is 0.353. The molecule has 3 rings (SSSR count). The molecule has 1 atom stereocenters. The van der Waals surface area contributed by atoms with Crippen molar-refractivity contribution in [3.63, 3.8) is 0 Å². The molecule has 1 aromatic heterocycles. The smallest absolute Gasteiger partial charge is 0.254 e. The second kappa shape index (κ2) is 7.43. The lowest BCUT2D eigenvalue weighted by Crippen LogP contribution is -2.38. The summed E-state index contributed by atoms with van der Waals surface area (Å²) in [6.45, 7) is 1.98. The van der Waals surface area contributed by atoms with Gasteiger partial charge in [-0.3, -0.25) is 14.3 Å². The molecule has 0 aliphatic carbocycles. The average molecular weight is 345 g/mol. The third-order valence-corrected chi connectivity index (χ3v) is 4.16. The molecule has 1 fully saturated rings. The van der Waals surface area contributed by atoms with E-state index in [1.807, 2.05) is 0 Å². The molecule has 0 radical (unpaired) electrons. The summed E-state index contributed by atoms with van der Waals surface area (Å²) in [5.74, 6) is -0.754. The fourth-order valence-corrected chi connectivity index (χ4v) is 2.84. The summed E-state index contributed by atoms with van der Waals surface area (Å²) in [6.07, 6.45) is 3.83. The highest BCUT2D eigenvalue weighted by Gasteiger charge is 2.28. The van der Waals surface area contributed by atoms with Crippen LogP contribution in [0.1, 0.15) is 27.1 Å². The van der Waals surface area contributed by atoms with E-state index in [4.69, 9.17) is 5.73 Å². The first-order valence-corrected chi connectivity index (χ1v) is 8.15. The molecule has 2 amide bonds. The van der Waals surface area contributed by atoms with E-state index < -0.39 is 0 Å². The van der Waals surface area contributed by atoms with Crippen molar-refractivity contribution < 1.29 is 14.0 Å². The minimum atomic E-state index is -0.377. The number of amides is 2. The summed E-state index contributed by atoms with van der Waals surface area (Å²) in [7, 11) is 0. The number of likely N-dealkylation sites (tertiary alicyclic amines) is 1. The highest BCUT2D eigenvalue weighted by Crippen LogP contribution is 2.15. The number of aromatic nitrogens is 2. The zero-order chi connectivity index (χ0) is 17.8. The Kier molecular flexibility index (Phi) is 5.08. The van der Waals surface area contributed by atoms with Crippen LogP contribution in [-0.2, 0) is 6.54 Å². The number of benzene rings is 1.